The maximum absolute atomic E-state index is 12.7. The van der Waals surface area contributed by atoms with Crippen molar-refractivity contribution in [1.82, 2.24) is 14.8 Å². The molecule has 0 bridgehead atoms. The van der Waals surface area contributed by atoms with Crippen LogP contribution in [0.1, 0.15) is 68.3 Å². The van der Waals surface area contributed by atoms with Crippen LogP contribution in [0.3, 0.4) is 0 Å². The maximum atomic E-state index is 12.7. The normalized spacial score (nSPS) is 14.6. The third-order valence-electron chi connectivity index (χ3n) is 5.33. The molecule has 1 fully saturated rings. The fourth-order valence-corrected chi connectivity index (χ4v) is 5.33. The summed E-state index contributed by atoms with van der Waals surface area (Å²) in [6.07, 6.45) is 6.85. The minimum Gasteiger partial charge on any atom is -0.360 e. The van der Waals surface area contributed by atoms with Crippen molar-refractivity contribution < 1.29 is 4.79 Å². The second kappa shape index (κ2) is 10.1. The highest BCUT2D eigenvalue weighted by Gasteiger charge is 2.26. The molecule has 0 aliphatic heterocycles. The third kappa shape index (κ3) is 5.11. The number of thioether (sulfide) groups is 1. The van der Waals surface area contributed by atoms with Crippen LogP contribution in [0.15, 0.2) is 4.34 Å². The van der Waals surface area contributed by atoms with Gasteiger partial charge in [-0.05, 0) is 38.7 Å². The van der Waals surface area contributed by atoms with E-state index in [1.54, 1.807) is 0 Å². The van der Waals surface area contributed by atoms with Crippen molar-refractivity contribution in [1.29, 1.82) is 5.26 Å². The Kier molecular flexibility index (Phi) is 7.56. The van der Waals surface area contributed by atoms with E-state index in [-0.39, 0.29) is 11.7 Å². The zero-order valence-electron chi connectivity index (χ0n) is 17.2. The van der Waals surface area contributed by atoms with E-state index in [9.17, 15) is 10.1 Å². The topological polar surface area (TPSA) is 95.6 Å². The molecular weight excluding hydrogens is 404 g/mol. The van der Waals surface area contributed by atoms with Crippen LogP contribution >= 0.6 is 23.1 Å². The first kappa shape index (κ1) is 21.7. The van der Waals surface area contributed by atoms with Crippen molar-refractivity contribution in [2.24, 2.45) is 0 Å². The number of rotatable bonds is 8. The zero-order chi connectivity index (χ0) is 20.8. The molecule has 29 heavy (non-hydrogen) atoms. The van der Waals surface area contributed by atoms with E-state index in [0.29, 0.717) is 17.4 Å². The molecular formula is C20H28N6OS2. The lowest BCUT2D eigenvalue weighted by Gasteiger charge is -2.27. The SMILES string of the molecule is CCCNc1nnc(SCC(=O)Nc2c(C#N)c(C)c(C)n2C2CCCCC2)s1. The summed E-state index contributed by atoms with van der Waals surface area (Å²) in [5, 5.41) is 24.9. The molecule has 3 rings (SSSR count). The maximum Gasteiger partial charge on any atom is 0.235 e. The fraction of sp³-hybridized carbons (Fsp3) is 0.600. The van der Waals surface area contributed by atoms with E-state index in [2.05, 4.69) is 38.4 Å². The average Bonchev–Trinajstić information content (AvgIpc) is 3.28. The molecule has 2 aromatic rings. The molecule has 2 N–H and O–H groups in total. The molecule has 1 aliphatic rings. The molecule has 156 valence electrons. The number of nitriles is 1. The summed E-state index contributed by atoms with van der Waals surface area (Å²) in [7, 11) is 0. The Labute approximate surface area is 180 Å². The molecule has 9 heteroatoms. The van der Waals surface area contributed by atoms with Crippen LogP contribution in [0.4, 0.5) is 10.9 Å². The van der Waals surface area contributed by atoms with E-state index in [4.69, 9.17) is 0 Å². The second-order valence-electron chi connectivity index (χ2n) is 7.34. The molecule has 1 saturated carbocycles. The summed E-state index contributed by atoms with van der Waals surface area (Å²) in [4.78, 5) is 12.7. The van der Waals surface area contributed by atoms with Crippen molar-refractivity contribution in [3.05, 3.63) is 16.8 Å². The Hall–Kier alpha value is -2.05. The minimum atomic E-state index is -0.126. The van der Waals surface area contributed by atoms with Gasteiger partial charge in [0.05, 0.1) is 11.3 Å². The summed E-state index contributed by atoms with van der Waals surface area (Å²) in [5.41, 5.74) is 2.61. The first-order valence-electron chi connectivity index (χ1n) is 10.2. The summed E-state index contributed by atoms with van der Waals surface area (Å²) >= 11 is 2.82. The van der Waals surface area contributed by atoms with Gasteiger partial charge in [0.25, 0.3) is 0 Å². The van der Waals surface area contributed by atoms with E-state index < -0.39 is 0 Å². The Morgan fingerprint density at radius 3 is 2.76 bits per heavy atom. The van der Waals surface area contributed by atoms with Crippen molar-refractivity contribution >= 4 is 40.0 Å². The van der Waals surface area contributed by atoms with Gasteiger partial charge in [-0.25, -0.2) is 0 Å². The number of anilines is 2. The third-order valence-corrected chi connectivity index (χ3v) is 7.34. The van der Waals surface area contributed by atoms with Gasteiger partial charge in [0.2, 0.25) is 11.0 Å². The lowest BCUT2D eigenvalue weighted by molar-refractivity contribution is -0.113. The average molecular weight is 433 g/mol. The van der Waals surface area contributed by atoms with E-state index >= 15 is 0 Å². The largest absolute Gasteiger partial charge is 0.360 e. The van der Waals surface area contributed by atoms with Crippen LogP contribution in [0.5, 0.6) is 0 Å². The van der Waals surface area contributed by atoms with Crippen LogP contribution in [-0.2, 0) is 4.79 Å². The van der Waals surface area contributed by atoms with Crippen LogP contribution < -0.4 is 10.6 Å². The number of hydrogen-bond acceptors (Lipinski definition) is 7. The number of carbonyl (C=O) groups excluding carboxylic acids is 1. The van der Waals surface area contributed by atoms with Gasteiger partial charge >= 0.3 is 0 Å². The number of nitrogens with zero attached hydrogens (tertiary/aromatic N) is 4. The van der Waals surface area contributed by atoms with Gasteiger partial charge in [0.15, 0.2) is 4.34 Å². The highest BCUT2D eigenvalue weighted by atomic mass is 32.2. The fourth-order valence-electron chi connectivity index (χ4n) is 3.75. The standard InChI is InChI=1S/C20H28N6OS2/c1-4-10-22-19-24-25-20(29-19)28-12-17(27)23-18-16(11-21)13(2)14(3)26(18)15-8-6-5-7-9-15/h15H,4-10,12H2,1-3H3,(H,22,24)(H,23,27). The van der Waals surface area contributed by atoms with E-state index in [1.165, 1.54) is 42.4 Å². The lowest BCUT2D eigenvalue weighted by atomic mass is 9.95. The van der Waals surface area contributed by atoms with Gasteiger partial charge in [-0.2, -0.15) is 5.26 Å². The Morgan fingerprint density at radius 2 is 2.07 bits per heavy atom. The van der Waals surface area contributed by atoms with Crippen LogP contribution in [0.2, 0.25) is 0 Å². The predicted octanol–water partition coefficient (Wildman–Crippen LogP) is 4.89. The second-order valence-corrected chi connectivity index (χ2v) is 9.54. The highest BCUT2D eigenvalue weighted by molar-refractivity contribution is 8.01. The van der Waals surface area contributed by atoms with Gasteiger partial charge in [0.1, 0.15) is 11.9 Å². The first-order valence-corrected chi connectivity index (χ1v) is 12.0. The van der Waals surface area contributed by atoms with E-state index in [1.807, 2.05) is 13.8 Å². The molecule has 0 aromatic carbocycles. The number of nitrogens with one attached hydrogen (secondary N) is 2. The van der Waals surface area contributed by atoms with Crippen LogP contribution in [-0.4, -0.2) is 33.0 Å². The monoisotopic (exact) mass is 432 g/mol. The smallest absolute Gasteiger partial charge is 0.235 e. The summed E-state index contributed by atoms with van der Waals surface area (Å²) < 4.78 is 2.95. The van der Waals surface area contributed by atoms with Crippen molar-refractivity contribution in [3.8, 4) is 6.07 Å². The van der Waals surface area contributed by atoms with Crippen molar-refractivity contribution in [2.45, 2.75) is 69.7 Å². The molecule has 2 heterocycles. The Bertz CT molecular complexity index is 892. The van der Waals surface area contributed by atoms with Gasteiger partial charge in [-0.1, -0.05) is 49.3 Å². The molecule has 1 amide bonds. The lowest BCUT2D eigenvalue weighted by Crippen LogP contribution is -2.21. The van der Waals surface area contributed by atoms with Gasteiger partial charge in [0, 0.05) is 18.3 Å². The number of carbonyl (C=O) groups is 1. The zero-order valence-corrected chi connectivity index (χ0v) is 18.9. The van der Waals surface area contributed by atoms with Gasteiger partial charge in [-0.15, -0.1) is 10.2 Å². The number of amides is 1. The summed E-state index contributed by atoms with van der Waals surface area (Å²) in [6, 6.07) is 2.65. The summed E-state index contributed by atoms with van der Waals surface area (Å²) in [5.74, 6) is 0.767. The molecule has 0 spiro atoms. The van der Waals surface area contributed by atoms with Gasteiger partial charge < -0.3 is 15.2 Å². The van der Waals surface area contributed by atoms with E-state index in [0.717, 1.165) is 46.5 Å². The Balaban J connectivity index is 1.70. The Morgan fingerprint density at radius 1 is 1.31 bits per heavy atom. The van der Waals surface area contributed by atoms with Crippen molar-refractivity contribution in [2.75, 3.05) is 22.9 Å². The highest BCUT2D eigenvalue weighted by Crippen LogP contribution is 2.37. The van der Waals surface area contributed by atoms with Crippen LogP contribution in [0.25, 0.3) is 0 Å². The van der Waals surface area contributed by atoms with Crippen LogP contribution in [0, 0.1) is 25.2 Å². The number of hydrogen-bond donors (Lipinski definition) is 2. The first-order chi connectivity index (χ1) is 14.0. The molecule has 7 nitrogen and oxygen atoms in total. The molecule has 2 aromatic heterocycles. The van der Waals surface area contributed by atoms with Crippen molar-refractivity contribution in [3.63, 3.8) is 0 Å². The molecule has 0 atom stereocenters. The molecule has 0 saturated heterocycles. The summed E-state index contributed by atoms with van der Waals surface area (Å²) in [6.45, 7) is 6.95. The number of aromatic nitrogens is 3. The van der Waals surface area contributed by atoms with Gasteiger partial charge in [-0.3, -0.25) is 4.79 Å². The molecule has 1 aliphatic carbocycles. The quantitative estimate of drug-likeness (QED) is 0.577. The molecule has 0 unspecified atom stereocenters. The minimum absolute atomic E-state index is 0.126. The predicted molar refractivity (Wildman–Crippen MR) is 119 cm³/mol. The molecule has 0 radical (unpaired) electrons.